The summed E-state index contributed by atoms with van der Waals surface area (Å²) in [5.74, 6) is -0.449. The minimum Gasteiger partial charge on any atom is -0.368 e. The highest BCUT2D eigenvalue weighted by Gasteiger charge is 2.17. The van der Waals surface area contributed by atoms with E-state index in [1.54, 1.807) is 17.4 Å². The number of rotatable bonds is 5. The van der Waals surface area contributed by atoms with Gasteiger partial charge in [-0.15, -0.1) is 11.3 Å². The fraction of sp³-hybridized carbons (Fsp3) is 0.294. The normalized spacial score (nSPS) is 11.3. The minimum atomic E-state index is -0.517. The molecule has 0 unspecified atom stereocenters. The van der Waals surface area contributed by atoms with E-state index in [4.69, 9.17) is 5.73 Å². The molecule has 0 amide bonds. The first kappa shape index (κ1) is 16.4. The number of halogens is 1. The number of anilines is 1. The van der Waals surface area contributed by atoms with Crippen LogP contribution in [0.4, 0.5) is 10.3 Å². The molecule has 0 radical (unpaired) electrons. The van der Waals surface area contributed by atoms with Crippen molar-refractivity contribution in [3.63, 3.8) is 0 Å². The molecule has 0 fully saturated rings. The third kappa shape index (κ3) is 3.26. The van der Waals surface area contributed by atoms with Crippen molar-refractivity contribution in [3.05, 3.63) is 45.8 Å². The van der Waals surface area contributed by atoms with Crippen LogP contribution in [0.25, 0.3) is 10.9 Å². The van der Waals surface area contributed by atoms with Crippen LogP contribution >= 0.6 is 11.3 Å². The lowest BCUT2D eigenvalue weighted by Gasteiger charge is -2.06. The number of fused-ring (bicyclic) bond motifs is 1. The number of benzene rings is 1. The quantitative estimate of drug-likeness (QED) is 0.713. The summed E-state index contributed by atoms with van der Waals surface area (Å²) in [7, 11) is 0. The van der Waals surface area contributed by atoms with Gasteiger partial charge in [0.25, 0.3) is 0 Å². The molecule has 124 valence electrons. The molecule has 0 aliphatic rings. The van der Waals surface area contributed by atoms with Gasteiger partial charge in [-0.3, -0.25) is 4.79 Å². The Morgan fingerprint density at radius 3 is 2.79 bits per heavy atom. The predicted octanol–water partition coefficient (Wildman–Crippen LogP) is 3.75. The predicted molar refractivity (Wildman–Crippen MR) is 92.8 cm³/mol. The molecule has 0 atom stereocenters. The lowest BCUT2D eigenvalue weighted by atomic mass is 10.1. The van der Waals surface area contributed by atoms with E-state index in [9.17, 15) is 9.18 Å². The van der Waals surface area contributed by atoms with Crippen molar-refractivity contribution in [1.82, 2.24) is 15.0 Å². The Morgan fingerprint density at radius 2 is 2.08 bits per heavy atom. The number of nitrogens with two attached hydrogens (primary N) is 1. The number of Topliss-reactive ketones (excluding diaryl/α,β-unsaturated/α-hetero) is 1. The zero-order valence-corrected chi connectivity index (χ0v) is 14.2. The Morgan fingerprint density at radius 1 is 1.29 bits per heavy atom. The van der Waals surface area contributed by atoms with E-state index in [-0.39, 0.29) is 29.4 Å². The van der Waals surface area contributed by atoms with Gasteiger partial charge in [-0.1, -0.05) is 26.0 Å². The molecule has 24 heavy (non-hydrogen) atoms. The Bertz CT molecular complexity index is 907. The van der Waals surface area contributed by atoms with Crippen LogP contribution in [-0.4, -0.2) is 20.7 Å². The van der Waals surface area contributed by atoms with Gasteiger partial charge in [0, 0.05) is 23.1 Å². The number of hydrogen-bond donors (Lipinski definition) is 1. The Balaban J connectivity index is 1.84. The molecular formula is C17H17FN4OS. The van der Waals surface area contributed by atoms with E-state index in [1.165, 1.54) is 12.1 Å². The van der Waals surface area contributed by atoms with Crippen molar-refractivity contribution in [3.8, 4) is 0 Å². The molecule has 3 aromatic rings. The standard InChI is InChI=1S/C17H17FN4OS/c1-9(2)16-20-10(8-24-16)6-7-13(23)15-11-4-3-5-12(18)14(11)21-17(19)22-15/h3-5,8-9H,6-7H2,1-2H3,(H2,19,21,22). The number of nitrogen functional groups attached to an aromatic ring is 1. The first-order chi connectivity index (χ1) is 11.5. The highest BCUT2D eigenvalue weighted by atomic mass is 32.1. The van der Waals surface area contributed by atoms with Gasteiger partial charge in [0.2, 0.25) is 5.95 Å². The summed E-state index contributed by atoms with van der Waals surface area (Å²) in [6.45, 7) is 4.16. The third-order valence-electron chi connectivity index (χ3n) is 3.63. The average molecular weight is 344 g/mol. The summed E-state index contributed by atoms with van der Waals surface area (Å²) >= 11 is 1.59. The van der Waals surface area contributed by atoms with E-state index in [0.29, 0.717) is 17.7 Å². The summed E-state index contributed by atoms with van der Waals surface area (Å²) in [5.41, 5.74) is 6.74. The maximum Gasteiger partial charge on any atom is 0.221 e. The smallest absolute Gasteiger partial charge is 0.221 e. The monoisotopic (exact) mass is 344 g/mol. The van der Waals surface area contributed by atoms with Crippen LogP contribution in [0.1, 0.15) is 47.4 Å². The molecule has 0 saturated carbocycles. The SMILES string of the molecule is CC(C)c1nc(CCC(=O)c2nc(N)nc3c(F)cccc23)cs1. The number of carbonyl (C=O) groups excluding carboxylic acids is 1. The van der Waals surface area contributed by atoms with Gasteiger partial charge in [0.1, 0.15) is 17.0 Å². The van der Waals surface area contributed by atoms with Crippen molar-refractivity contribution in [2.45, 2.75) is 32.6 Å². The van der Waals surface area contributed by atoms with Crippen LogP contribution in [0.2, 0.25) is 0 Å². The van der Waals surface area contributed by atoms with E-state index in [1.807, 2.05) is 5.38 Å². The zero-order valence-electron chi connectivity index (χ0n) is 13.4. The molecule has 1 aromatic carbocycles. The van der Waals surface area contributed by atoms with Gasteiger partial charge in [0.05, 0.1) is 10.7 Å². The molecule has 0 aliphatic heterocycles. The largest absolute Gasteiger partial charge is 0.368 e. The number of carbonyl (C=O) groups is 1. The van der Waals surface area contributed by atoms with Crippen molar-refractivity contribution < 1.29 is 9.18 Å². The lowest BCUT2D eigenvalue weighted by Crippen LogP contribution is -2.09. The minimum absolute atomic E-state index is 0.0732. The summed E-state index contributed by atoms with van der Waals surface area (Å²) in [4.78, 5) is 25.0. The third-order valence-corrected chi connectivity index (χ3v) is 4.82. The molecule has 0 saturated heterocycles. The van der Waals surface area contributed by atoms with Crippen LogP contribution in [-0.2, 0) is 6.42 Å². The fourth-order valence-electron chi connectivity index (χ4n) is 2.41. The summed E-state index contributed by atoms with van der Waals surface area (Å²) in [5, 5.41) is 3.40. The fourth-order valence-corrected chi connectivity index (χ4v) is 3.28. The van der Waals surface area contributed by atoms with Crippen LogP contribution in [0.15, 0.2) is 23.6 Å². The topological polar surface area (TPSA) is 81.8 Å². The Kier molecular flexibility index (Phi) is 4.53. The number of ketones is 1. The van der Waals surface area contributed by atoms with Gasteiger partial charge in [-0.05, 0) is 12.5 Å². The number of nitrogens with zero attached hydrogens (tertiary/aromatic N) is 3. The first-order valence-electron chi connectivity index (χ1n) is 7.65. The van der Waals surface area contributed by atoms with Crippen molar-refractivity contribution in [2.24, 2.45) is 0 Å². The van der Waals surface area contributed by atoms with Crippen molar-refractivity contribution in [2.75, 3.05) is 5.73 Å². The summed E-state index contributed by atoms with van der Waals surface area (Å²) < 4.78 is 13.9. The number of para-hydroxylation sites is 1. The molecule has 2 N–H and O–H groups in total. The highest BCUT2D eigenvalue weighted by Crippen LogP contribution is 2.23. The zero-order chi connectivity index (χ0) is 17.3. The van der Waals surface area contributed by atoms with Gasteiger partial charge in [-0.2, -0.15) is 0 Å². The summed E-state index contributed by atoms with van der Waals surface area (Å²) in [6, 6.07) is 4.44. The second-order valence-corrected chi connectivity index (χ2v) is 6.71. The molecule has 5 nitrogen and oxygen atoms in total. The van der Waals surface area contributed by atoms with Crippen LogP contribution < -0.4 is 5.73 Å². The molecule has 2 heterocycles. The number of hydrogen-bond acceptors (Lipinski definition) is 6. The van der Waals surface area contributed by atoms with Crippen molar-refractivity contribution >= 4 is 34.0 Å². The lowest BCUT2D eigenvalue weighted by molar-refractivity contribution is 0.0979. The molecular weight excluding hydrogens is 327 g/mol. The second-order valence-electron chi connectivity index (χ2n) is 5.82. The van der Waals surface area contributed by atoms with Gasteiger partial charge in [-0.25, -0.2) is 19.3 Å². The molecule has 0 spiro atoms. The van der Waals surface area contributed by atoms with E-state index in [2.05, 4.69) is 28.8 Å². The number of aromatic nitrogens is 3. The summed E-state index contributed by atoms with van der Waals surface area (Å²) in [6.07, 6.45) is 0.756. The van der Waals surface area contributed by atoms with Crippen molar-refractivity contribution in [1.29, 1.82) is 0 Å². The number of thiazole rings is 1. The maximum absolute atomic E-state index is 13.9. The first-order valence-corrected chi connectivity index (χ1v) is 8.53. The molecule has 0 bridgehead atoms. The average Bonchev–Trinajstić information content (AvgIpc) is 3.02. The Labute approximate surface area is 142 Å². The van der Waals surface area contributed by atoms with Crippen LogP contribution in [0.3, 0.4) is 0 Å². The molecule has 2 aromatic heterocycles. The molecule has 7 heteroatoms. The van der Waals surface area contributed by atoms with E-state index in [0.717, 1.165) is 10.7 Å². The van der Waals surface area contributed by atoms with Gasteiger partial charge < -0.3 is 5.73 Å². The van der Waals surface area contributed by atoms with Crippen LogP contribution in [0.5, 0.6) is 0 Å². The van der Waals surface area contributed by atoms with Crippen LogP contribution in [0, 0.1) is 5.82 Å². The van der Waals surface area contributed by atoms with E-state index < -0.39 is 5.82 Å². The number of aryl methyl sites for hydroxylation is 1. The van der Waals surface area contributed by atoms with E-state index >= 15 is 0 Å². The van der Waals surface area contributed by atoms with Gasteiger partial charge >= 0.3 is 0 Å². The van der Waals surface area contributed by atoms with Gasteiger partial charge in [0.15, 0.2) is 5.78 Å². The molecule has 3 rings (SSSR count). The maximum atomic E-state index is 13.9. The molecule has 0 aliphatic carbocycles. The second kappa shape index (κ2) is 6.60. The Hall–Kier alpha value is -2.41. The highest BCUT2D eigenvalue weighted by molar-refractivity contribution is 7.09.